The van der Waals surface area contributed by atoms with Gasteiger partial charge < -0.3 is 5.11 Å². The molecule has 1 fully saturated rings. The van der Waals surface area contributed by atoms with E-state index in [9.17, 15) is 5.11 Å². The van der Waals surface area contributed by atoms with Gasteiger partial charge in [-0.05, 0) is 25.5 Å². The van der Waals surface area contributed by atoms with Crippen molar-refractivity contribution in [2.24, 2.45) is 5.92 Å². The first-order valence-electron chi connectivity index (χ1n) is 4.06. The highest BCUT2D eigenvalue weighted by molar-refractivity contribution is 8.01. The van der Waals surface area contributed by atoms with Gasteiger partial charge in [-0.25, -0.2) is 0 Å². The van der Waals surface area contributed by atoms with Gasteiger partial charge >= 0.3 is 0 Å². The highest BCUT2D eigenvalue weighted by atomic mass is 32.2. The highest BCUT2D eigenvalue weighted by Gasteiger charge is 2.40. The molecule has 0 aromatic heterocycles. The molecule has 1 rings (SSSR count). The number of thioether (sulfide) groups is 1. The van der Waals surface area contributed by atoms with Gasteiger partial charge in [0, 0.05) is 0 Å². The van der Waals surface area contributed by atoms with E-state index in [2.05, 4.69) is 19.9 Å². The van der Waals surface area contributed by atoms with Crippen molar-refractivity contribution >= 4 is 11.8 Å². The highest BCUT2D eigenvalue weighted by Crippen LogP contribution is 2.42. The van der Waals surface area contributed by atoms with Crippen molar-refractivity contribution in [2.45, 2.75) is 31.6 Å². The Balaban J connectivity index is 2.72. The zero-order chi connectivity index (χ0) is 8.48. The predicted octanol–water partition coefficient (Wildman–Crippen LogP) is 2.06. The molecule has 0 saturated carbocycles. The third-order valence-corrected chi connectivity index (χ3v) is 3.97. The van der Waals surface area contributed by atoms with E-state index in [0.717, 1.165) is 5.75 Å². The van der Waals surface area contributed by atoms with Crippen molar-refractivity contribution in [3.63, 3.8) is 0 Å². The Labute approximate surface area is 72.9 Å². The molecule has 1 aliphatic rings. The summed E-state index contributed by atoms with van der Waals surface area (Å²) >= 11 is 1.85. The topological polar surface area (TPSA) is 20.2 Å². The number of aliphatic hydroxyl groups excluding tert-OH is 1. The van der Waals surface area contributed by atoms with E-state index >= 15 is 0 Å². The van der Waals surface area contributed by atoms with Gasteiger partial charge in [-0.15, -0.1) is 11.8 Å². The first kappa shape index (κ1) is 9.14. The van der Waals surface area contributed by atoms with Crippen LogP contribution >= 0.6 is 11.8 Å². The third-order valence-electron chi connectivity index (χ3n) is 2.28. The molecule has 3 atom stereocenters. The second-order valence-electron chi connectivity index (χ2n) is 3.42. The van der Waals surface area contributed by atoms with Crippen LogP contribution in [0, 0.1) is 5.92 Å². The lowest BCUT2D eigenvalue weighted by Crippen LogP contribution is -2.32. The molecule has 0 aromatic rings. The van der Waals surface area contributed by atoms with Gasteiger partial charge in [-0.2, -0.15) is 0 Å². The summed E-state index contributed by atoms with van der Waals surface area (Å²) in [5.41, 5.74) is 0. The molecule has 1 aliphatic heterocycles. The van der Waals surface area contributed by atoms with Gasteiger partial charge in [0.1, 0.15) is 0 Å². The van der Waals surface area contributed by atoms with E-state index in [0.29, 0.717) is 5.92 Å². The Morgan fingerprint density at radius 1 is 1.64 bits per heavy atom. The number of allylic oxidation sites excluding steroid dienone is 1. The summed E-state index contributed by atoms with van der Waals surface area (Å²) in [6.45, 7) is 6.21. The zero-order valence-electron chi connectivity index (χ0n) is 7.37. The first-order chi connectivity index (χ1) is 5.10. The van der Waals surface area contributed by atoms with Gasteiger partial charge in [0.25, 0.3) is 0 Å². The van der Waals surface area contributed by atoms with Gasteiger partial charge in [0.15, 0.2) is 0 Å². The molecule has 0 bridgehead atoms. The molecule has 3 unspecified atom stereocenters. The molecule has 11 heavy (non-hydrogen) atoms. The Kier molecular flexibility index (Phi) is 2.66. The van der Waals surface area contributed by atoms with Crippen LogP contribution in [0.3, 0.4) is 0 Å². The van der Waals surface area contributed by atoms with Crippen LogP contribution in [0.25, 0.3) is 0 Å². The summed E-state index contributed by atoms with van der Waals surface area (Å²) in [6, 6.07) is 0. The minimum absolute atomic E-state index is 0.0336. The van der Waals surface area contributed by atoms with Crippen molar-refractivity contribution in [3.05, 3.63) is 12.2 Å². The molecule has 2 heteroatoms. The minimum Gasteiger partial charge on any atom is -0.391 e. The van der Waals surface area contributed by atoms with E-state index in [1.165, 1.54) is 0 Å². The van der Waals surface area contributed by atoms with Crippen LogP contribution in [0.1, 0.15) is 20.8 Å². The second-order valence-corrected chi connectivity index (χ2v) is 4.92. The minimum atomic E-state index is -0.177. The van der Waals surface area contributed by atoms with Crippen LogP contribution in [0.2, 0.25) is 0 Å². The Hall–Kier alpha value is 0.0500. The maximum Gasteiger partial charge on any atom is 0.0752 e. The van der Waals surface area contributed by atoms with E-state index in [1.807, 2.05) is 24.8 Å². The lowest BCUT2D eigenvalue weighted by atomic mass is 9.94. The summed E-state index contributed by atoms with van der Waals surface area (Å²) in [5.74, 6) is 1.50. The molecule has 0 aliphatic carbocycles. The van der Waals surface area contributed by atoms with Crippen LogP contribution in [0.4, 0.5) is 0 Å². The van der Waals surface area contributed by atoms with Crippen molar-refractivity contribution in [3.8, 4) is 0 Å². The Morgan fingerprint density at radius 2 is 2.27 bits per heavy atom. The molecule has 0 aromatic carbocycles. The number of aliphatic hydroxyl groups is 1. The maximum absolute atomic E-state index is 9.78. The summed E-state index contributed by atoms with van der Waals surface area (Å²) in [7, 11) is 0. The lowest BCUT2D eigenvalue weighted by molar-refractivity contribution is 0.117. The Morgan fingerprint density at radius 3 is 2.64 bits per heavy atom. The quantitative estimate of drug-likeness (QED) is 0.611. The van der Waals surface area contributed by atoms with Gasteiger partial charge in [0.2, 0.25) is 0 Å². The molecule has 1 heterocycles. The summed E-state index contributed by atoms with van der Waals surface area (Å²) in [4.78, 5) is 0. The molecule has 64 valence electrons. The van der Waals surface area contributed by atoms with Crippen molar-refractivity contribution in [1.82, 2.24) is 0 Å². The molecular weight excluding hydrogens is 156 g/mol. The fourth-order valence-electron chi connectivity index (χ4n) is 1.53. The fraction of sp³-hybridized carbons (Fsp3) is 0.778. The predicted molar refractivity (Wildman–Crippen MR) is 50.8 cm³/mol. The van der Waals surface area contributed by atoms with Gasteiger partial charge in [-0.1, -0.05) is 19.1 Å². The molecule has 0 radical (unpaired) electrons. The normalized spacial score (nSPS) is 45.5. The number of hydrogen-bond acceptors (Lipinski definition) is 2. The first-order valence-corrected chi connectivity index (χ1v) is 5.04. The SMILES string of the molecule is C/C=C/C1(C)SCC(C)C1O. The van der Waals surface area contributed by atoms with Crippen LogP contribution in [0.5, 0.6) is 0 Å². The van der Waals surface area contributed by atoms with Crippen molar-refractivity contribution in [1.29, 1.82) is 0 Å². The third kappa shape index (κ3) is 1.62. The van der Waals surface area contributed by atoms with Crippen LogP contribution in [-0.4, -0.2) is 21.7 Å². The largest absolute Gasteiger partial charge is 0.391 e. The lowest BCUT2D eigenvalue weighted by Gasteiger charge is -2.24. The average Bonchev–Trinajstić information content (AvgIpc) is 2.19. The van der Waals surface area contributed by atoms with E-state index in [-0.39, 0.29) is 10.9 Å². The number of hydrogen-bond donors (Lipinski definition) is 1. The van der Waals surface area contributed by atoms with Crippen LogP contribution in [0.15, 0.2) is 12.2 Å². The van der Waals surface area contributed by atoms with E-state index in [1.54, 1.807) is 0 Å². The average molecular weight is 172 g/mol. The van der Waals surface area contributed by atoms with Crippen LogP contribution in [-0.2, 0) is 0 Å². The van der Waals surface area contributed by atoms with Gasteiger partial charge in [-0.3, -0.25) is 0 Å². The second kappa shape index (κ2) is 3.20. The van der Waals surface area contributed by atoms with Crippen molar-refractivity contribution < 1.29 is 5.11 Å². The summed E-state index contributed by atoms with van der Waals surface area (Å²) < 4.78 is -0.0336. The molecule has 1 nitrogen and oxygen atoms in total. The molecule has 1 saturated heterocycles. The van der Waals surface area contributed by atoms with Gasteiger partial charge in [0.05, 0.1) is 10.9 Å². The van der Waals surface area contributed by atoms with Crippen LogP contribution < -0.4 is 0 Å². The molecular formula is C9H16OS. The van der Waals surface area contributed by atoms with E-state index in [4.69, 9.17) is 0 Å². The zero-order valence-corrected chi connectivity index (χ0v) is 8.19. The molecule has 1 N–H and O–H groups in total. The maximum atomic E-state index is 9.78. The molecule has 0 spiro atoms. The summed E-state index contributed by atoms with van der Waals surface area (Å²) in [6.07, 6.45) is 3.95. The monoisotopic (exact) mass is 172 g/mol. The van der Waals surface area contributed by atoms with E-state index < -0.39 is 0 Å². The number of rotatable bonds is 1. The molecule has 0 amide bonds. The Bertz CT molecular complexity index is 167. The smallest absolute Gasteiger partial charge is 0.0752 e. The summed E-state index contributed by atoms with van der Waals surface area (Å²) in [5, 5.41) is 9.78. The van der Waals surface area contributed by atoms with Crippen molar-refractivity contribution in [2.75, 3.05) is 5.75 Å². The standard InChI is InChI=1S/C9H16OS/c1-4-5-9(3)8(10)7(2)6-11-9/h4-5,7-8,10H,6H2,1-3H3/b5-4+. The fourth-order valence-corrected chi connectivity index (χ4v) is 2.97.